The molecular formula is C23H24N4O4S. The van der Waals surface area contributed by atoms with Gasteiger partial charge in [-0.1, -0.05) is 48.9 Å². The van der Waals surface area contributed by atoms with Crippen LogP contribution in [0.5, 0.6) is 0 Å². The van der Waals surface area contributed by atoms with Gasteiger partial charge in [0.2, 0.25) is 0 Å². The fourth-order valence-electron chi connectivity index (χ4n) is 3.07. The van der Waals surface area contributed by atoms with E-state index in [0.29, 0.717) is 5.69 Å². The second-order valence-corrected chi connectivity index (χ2v) is 9.01. The Morgan fingerprint density at radius 1 is 1.00 bits per heavy atom. The lowest BCUT2D eigenvalue weighted by atomic mass is 10.1. The van der Waals surface area contributed by atoms with E-state index in [1.54, 1.807) is 19.1 Å². The van der Waals surface area contributed by atoms with Crippen molar-refractivity contribution in [2.24, 2.45) is 5.10 Å². The van der Waals surface area contributed by atoms with Gasteiger partial charge in [0.05, 0.1) is 21.7 Å². The van der Waals surface area contributed by atoms with Crippen molar-refractivity contribution in [2.75, 3.05) is 10.1 Å². The number of rotatable bonds is 8. The molecule has 0 amide bonds. The minimum absolute atomic E-state index is 0.0851. The summed E-state index contributed by atoms with van der Waals surface area (Å²) in [6.07, 6.45) is 2.46. The first-order valence-corrected chi connectivity index (χ1v) is 11.4. The van der Waals surface area contributed by atoms with Gasteiger partial charge in [0.1, 0.15) is 5.69 Å². The highest BCUT2D eigenvalue weighted by Crippen LogP contribution is 2.29. The lowest BCUT2D eigenvalue weighted by Crippen LogP contribution is -2.14. The van der Waals surface area contributed by atoms with Crippen LogP contribution in [0.1, 0.15) is 29.2 Å². The molecule has 166 valence electrons. The molecule has 3 aromatic carbocycles. The lowest BCUT2D eigenvalue weighted by molar-refractivity contribution is -0.384. The van der Waals surface area contributed by atoms with E-state index in [0.717, 1.165) is 29.2 Å². The number of sulfonamides is 1. The molecule has 3 aromatic rings. The molecule has 0 unspecified atom stereocenters. The van der Waals surface area contributed by atoms with Crippen molar-refractivity contribution >= 4 is 33.3 Å². The van der Waals surface area contributed by atoms with Crippen molar-refractivity contribution in [3.63, 3.8) is 0 Å². The first-order chi connectivity index (χ1) is 15.2. The van der Waals surface area contributed by atoms with Crippen LogP contribution in [0.15, 0.2) is 70.7 Å². The minimum Gasteiger partial charge on any atom is -0.279 e. The second kappa shape index (κ2) is 9.61. The van der Waals surface area contributed by atoms with E-state index in [1.807, 2.05) is 37.3 Å². The smallest absolute Gasteiger partial charge is 0.279 e. The quantitative estimate of drug-likeness (QED) is 0.283. The van der Waals surface area contributed by atoms with Crippen LogP contribution >= 0.6 is 0 Å². The topological polar surface area (TPSA) is 114 Å². The molecule has 0 fully saturated rings. The Balaban J connectivity index is 1.83. The number of nitrogens with one attached hydrogen (secondary N) is 2. The average molecular weight is 453 g/mol. The molecule has 0 saturated carbocycles. The van der Waals surface area contributed by atoms with Crippen LogP contribution in [0.25, 0.3) is 0 Å². The van der Waals surface area contributed by atoms with Crippen molar-refractivity contribution in [1.29, 1.82) is 0 Å². The van der Waals surface area contributed by atoms with Gasteiger partial charge in [-0.25, -0.2) is 8.42 Å². The van der Waals surface area contributed by atoms with E-state index in [9.17, 15) is 18.5 Å². The highest BCUT2D eigenvalue weighted by molar-refractivity contribution is 7.92. The summed E-state index contributed by atoms with van der Waals surface area (Å²) >= 11 is 0. The Kier molecular flexibility index (Phi) is 6.89. The van der Waals surface area contributed by atoms with E-state index in [2.05, 4.69) is 22.2 Å². The zero-order valence-corrected chi connectivity index (χ0v) is 18.8. The Bertz CT molecular complexity index is 1270. The Labute approximate surface area is 187 Å². The van der Waals surface area contributed by atoms with E-state index in [4.69, 9.17) is 0 Å². The van der Waals surface area contributed by atoms with Gasteiger partial charge in [0.25, 0.3) is 15.7 Å². The van der Waals surface area contributed by atoms with Crippen LogP contribution in [0.2, 0.25) is 0 Å². The Morgan fingerprint density at radius 2 is 1.69 bits per heavy atom. The van der Waals surface area contributed by atoms with Gasteiger partial charge in [-0.3, -0.25) is 20.3 Å². The van der Waals surface area contributed by atoms with Crippen LogP contribution in [-0.4, -0.2) is 19.6 Å². The van der Waals surface area contributed by atoms with E-state index >= 15 is 0 Å². The molecule has 0 bridgehead atoms. The maximum Gasteiger partial charge on any atom is 0.295 e. The molecule has 8 nitrogen and oxygen atoms in total. The summed E-state index contributed by atoms with van der Waals surface area (Å²) in [5.41, 5.74) is 6.50. The number of hydrogen-bond acceptors (Lipinski definition) is 6. The molecule has 0 saturated heterocycles. The molecule has 0 aliphatic heterocycles. The number of nitro benzene ring substituents is 1. The highest BCUT2D eigenvalue weighted by atomic mass is 32.2. The van der Waals surface area contributed by atoms with Crippen molar-refractivity contribution in [2.45, 2.75) is 32.1 Å². The van der Waals surface area contributed by atoms with Crippen LogP contribution in [0.4, 0.5) is 17.1 Å². The van der Waals surface area contributed by atoms with E-state index < -0.39 is 20.6 Å². The highest BCUT2D eigenvalue weighted by Gasteiger charge is 2.22. The van der Waals surface area contributed by atoms with Gasteiger partial charge in [0.15, 0.2) is 0 Å². The predicted molar refractivity (Wildman–Crippen MR) is 127 cm³/mol. The van der Waals surface area contributed by atoms with Crippen LogP contribution in [0, 0.1) is 24.0 Å². The zero-order chi connectivity index (χ0) is 23.3. The van der Waals surface area contributed by atoms with Gasteiger partial charge in [0, 0.05) is 6.07 Å². The normalized spacial score (nSPS) is 11.5. The number of benzene rings is 3. The van der Waals surface area contributed by atoms with Gasteiger partial charge in [-0.15, -0.1) is 0 Å². The van der Waals surface area contributed by atoms with Gasteiger partial charge < -0.3 is 0 Å². The third-order valence-electron chi connectivity index (χ3n) is 4.89. The summed E-state index contributed by atoms with van der Waals surface area (Å²) in [6, 6.07) is 16.7. The SMILES string of the molecule is CCc1ccc(/C=N/Nc2ccc(S(=O)(=O)Nc3ccc(C)cc3C)cc2[N+](=O)[O-])cc1. The summed E-state index contributed by atoms with van der Waals surface area (Å²) in [5, 5.41) is 15.6. The van der Waals surface area contributed by atoms with Crippen LogP contribution in [-0.2, 0) is 16.4 Å². The summed E-state index contributed by atoms with van der Waals surface area (Å²) in [7, 11) is -4.01. The zero-order valence-electron chi connectivity index (χ0n) is 18.0. The summed E-state index contributed by atoms with van der Waals surface area (Å²) < 4.78 is 28.1. The van der Waals surface area contributed by atoms with Gasteiger partial charge >= 0.3 is 0 Å². The summed E-state index contributed by atoms with van der Waals surface area (Å²) in [5.74, 6) is 0. The largest absolute Gasteiger partial charge is 0.295 e. The fourth-order valence-corrected chi connectivity index (χ4v) is 4.22. The summed E-state index contributed by atoms with van der Waals surface area (Å²) in [6.45, 7) is 5.75. The van der Waals surface area contributed by atoms with Crippen LogP contribution < -0.4 is 10.1 Å². The first kappa shape index (κ1) is 23.0. The lowest BCUT2D eigenvalue weighted by Gasteiger charge is -2.12. The maximum atomic E-state index is 12.8. The molecular weight excluding hydrogens is 428 g/mol. The monoisotopic (exact) mass is 452 g/mol. The Hall–Kier alpha value is -3.72. The van der Waals surface area contributed by atoms with Gasteiger partial charge in [-0.2, -0.15) is 5.10 Å². The predicted octanol–water partition coefficient (Wildman–Crippen LogP) is 5.02. The third kappa shape index (κ3) is 5.50. The standard InChI is InChI=1S/C23H24N4O4S/c1-4-18-6-8-19(9-7-18)15-24-25-22-12-10-20(14-23(22)27(28)29)32(30,31)26-21-11-5-16(2)13-17(21)3/h5-15,25-26H,4H2,1-3H3/b24-15+. The number of aryl methyl sites for hydroxylation is 3. The molecule has 0 heterocycles. The molecule has 0 spiro atoms. The molecule has 2 N–H and O–H groups in total. The molecule has 0 radical (unpaired) electrons. The number of hydrogen-bond donors (Lipinski definition) is 2. The molecule has 0 aromatic heterocycles. The van der Waals surface area contributed by atoms with Crippen LogP contribution in [0.3, 0.4) is 0 Å². The number of anilines is 2. The van der Waals surface area contributed by atoms with Crippen molar-refractivity contribution in [3.8, 4) is 0 Å². The Morgan fingerprint density at radius 3 is 2.31 bits per heavy atom. The van der Waals surface area contributed by atoms with E-state index in [-0.39, 0.29) is 10.6 Å². The maximum absolute atomic E-state index is 12.8. The fraction of sp³-hybridized carbons (Fsp3) is 0.174. The van der Waals surface area contributed by atoms with E-state index in [1.165, 1.54) is 23.9 Å². The molecule has 0 atom stereocenters. The molecule has 9 heteroatoms. The van der Waals surface area contributed by atoms with Crippen molar-refractivity contribution < 1.29 is 13.3 Å². The first-order valence-electron chi connectivity index (χ1n) is 9.96. The number of nitrogens with zero attached hydrogens (tertiary/aromatic N) is 2. The molecule has 0 aliphatic rings. The van der Waals surface area contributed by atoms with Gasteiger partial charge in [-0.05, 0) is 55.2 Å². The minimum atomic E-state index is -4.01. The van der Waals surface area contributed by atoms with Crippen molar-refractivity contribution in [1.82, 2.24) is 0 Å². The molecule has 3 rings (SSSR count). The van der Waals surface area contributed by atoms with Crippen molar-refractivity contribution in [3.05, 3.63) is 93.0 Å². The number of hydrazone groups is 1. The third-order valence-corrected chi connectivity index (χ3v) is 6.25. The summed E-state index contributed by atoms with van der Waals surface area (Å²) in [4.78, 5) is 10.7. The average Bonchev–Trinajstić information content (AvgIpc) is 2.76. The molecule has 32 heavy (non-hydrogen) atoms. The second-order valence-electron chi connectivity index (χ2n) is 7.33. The number of nitro groups is 1. The molecule has 0 aliphatic carbocycles.